The van der Waals surface area contributed by atoms with Crippen LogP contribution in [-0.2, 0) is 0 Å². The second kappa shape index (κ2) is 6.38. The van der Waals surface area contributed by atoms with E-state index in [0.29, 0.717) is 17.0 Å². The lowest BCUT2D eigenvalue weighted by Gasteiger charge is -2.55. The molecule has 4 heterocycles. The molecule has 4 bridgehead atoms. The summed E-state index contributed by atoms with van der Waals surface area (Å²) in [7, 11) is 0. The molecule has 4 aliphatic rings. The maximum Gasteiger partial charge on any atom is 0.573 e. The van der Waals surface area contributed by atoms with Crippen LogP contribution < -0.4 is 9.47 Å². The Kier molecular flexibility index (Phi) is 4.09. The largest absolute Gasteiger partial charge is 0.573 e. The molecule has 3 aliphatic heterocycles. The number of thiazole rings is 1. The molecule has 2 unspecified atom stereocenters. The van der Waals surface area contributed by atoms with E-state index in [9.17, 15) is 13.2 Å². The zero-order chi connectivity index (χ0) is 18.6. The number of nitrogens with zero attached hydrogens (tertiary/aromatic N) is 2. The molecule has 6 rings (SSSR count). The Morgan fingerprint density at radius 1 is 1.04 bits per heavy atom. The maximum atomic E-state index is 12.3. The Bertz CT molecular complexity index is 793. The van der Waals surface area contributed by atoms with Crippen LogP contribution in [0.4, 0.5) is 13.2 Å². The number of hydrogen-bond donors (Lipinski definition) is 0. The van der Waals surface area contributed by atoms with Crippen molar-refractivity contribution >= 4 is 11.3 Å². The Hall–Kier alpha value is -1.80. The summed E-state index contributed by atoms with van der Waals surface area (Å²) in [6.07, 6.45) is -0.228. The summed E-state index contributed by atoms with van der Waals surface area (Å²) in [5, 5.41) is 0.646. The predicted molar refractivity (Wildman–Crippen MR) is 94.8 cm³/mol. The molecular formula is C19H19F3N2O2S. The molecule has 1 saturated carbocycles. The van der Waals surface area contributed by atoms with Crippen LogP contribution in [-0.4, -0.2) is 42.0 Å². The molecule has 2 atom stereocenters. The first kappa shape index (κ1) is 17.3. The minimum atomic E-state index is -4.68. The zero-order valence-corrected chi connectivity index (χ0v) is 15.3. The van der Waals surface area contributed by atoms with Crippen molar-refractivity contribution in [2.75, 3.05) is 19.6 Å². The van der Waals surface area contributed by atoms with Gasteiger partial charge in [-0.1, -0.05) is 11.3 Å². The normalized spacial score (nSPS) is 31.9. The van der Waals surface area contributed by atoms with Crippen LogP contribution in [0.2, 0.25) is 0 Å². The Morgan fingerprint density at radius 2 is 1.74 bits per heavy atom. The fourth-order valence-electron chi connectivity index (χ4n) is 4.94. The van der Waals surface area contributed by atoms with Crippen LogP contribution in [0.3, 0.4) is 0 Å². The highest BCUT2D eigenvalue weighted by molar-refractivity contribution is 7.16. The molecular weight excluding hydrogens is 377 g/mol. The highest BCUT2D eigenvalue weighted by Gasteiger charge is 2.48. The van der Waals surface area contributed by atoms with Crippen molar-refractivity contribution in [1.82, 2.24) is 9.88 Å². The third kappa shape index (κ3) is 3.52. The molecule has 1 aromatic carbocycles. The molecule has 8 heteroatoms. The van der Waals surface area contributed by atoms with Crippen molar-refractivity contribution in [3.05, 3.63) is 30.5 Å². The van der Waals surface area contributed by atoms with Crippen LogP contribution in [0.25, 0.3) is 10.4 Å². The standard InChI is InChI=1S/C19H19F3N2O2S/c20-19(21,22)26-15-3-1-12(2-4-15)16-7-23-18(27-16)25-17-13-5-11-6-14(17)10-24(8-11)9-13/h1-4,7,11,13-14,17H,5-6,8-10H2. The van der Waals surface area contributed by atoms with Gasteiger partial charge < -0.3 is 14.4 Å². The van der Waals surface area contributed by atoms with Crippen molar-refractivity contribution in [1.29, 1.82) is 0 Å². The van der Waals surface area contributed by atoms with Crippen molar-refractivity contribution in [2.45, 2.75) is 25.3 Å². The lowest BCUT2D eigenvalue weighted by molar-refractivity contribution is -0.274. The summed E-state index contributed by atoms with van der Waals surface area (Å²) < 4.78 is 47.0. The first-order valence-electron chi connectivity index (χ1n) is 9.14. The molecule has 144 valence electrons. The van der Waals surface area contributed by atoms with Gasteiger partial charge in [-0.15, -0.1) is 13.2 Å². The number of piperidine rings is 3. The summed E-state index contributed by atoms with van der Waals surface area (Å²) in [5.74, 6) is 1.77. The van der Waals surface area contributed by atoms with Gasteiger partial charge in [-0.2, -0.15) is 0 Å². The van der Waals surface area contributed by atoms with E-state index in [-0.39, 0.29) is 11.9 Å². The van der Waals surface area contributed by atoms with Gasteiger partial charge >= 0.3 is 6.36 Å². The van der Waals surface area contributed by atoms with Crippen molar-refractivity contribution in [3.63, 3.8) is 0 Å². The molecule has 27 heavy (non-hydrogen) atoms. The molecule has 3 saturated heterocycles. The van der Waals surface area contributed by atoms with E-state index in [0.717, 1.165) is 29.4 Å². The fourth-order valence-corrected chi connectivity index (χ4v) is 5.75. The van der Waals surface area contributed by atoms with Gasteiger partial charge in [0.05, 0.1) is 4.88 Å². The summed E-state index contributed by atoms with van der Waals surface area (Å²) >= 11 is 1.44. The fraction of sp³-hybridized carbons (Fsp3) is 0.526. The quantitative estimate of drug-likeness (QED) is 0.766. The van der Waals surface area contributed by atoms with E-state index in [1.54, 1.807) is 18.3 Å². The van der Waals surface area contributed by atoms with E-state index in [1.165, 1.54) is 42.9 Å². The minimum absolute atomic E-state index is 0.226. The van der Waals surface area contributed by atoms with Crippen molar-refractivity contribution < 1.29 is 22.6 Å². The first-order valence-corrected chi connectivity index (χ1v) is 9.95. The highest BCUT2D eigenvalue weighted by Crippen LogP contribution is 2.45. The number of ether oxygens (including phenoxy) is 2. The zero-order valence-electron chi connectivity index (χ0n) is 14.5. The van der Waals surface area contributed by atoms with E-state index < -0.39 is 6.36 Å². The summed E-state index contributed by atoms with van der Waals surface area (Å²) in [6, 6.07) is 5.84. The summed E-state index contributed by atoms with van der Waals surface area (Å²) in [4.78, 5) is 7.83. The third-order valence-electron chi connectivity index (χ3n) is 5.80. The van der Waals surface area contributed by atoms with Gasteiger partial charge in [0.2, 0.25) is 0 Å². The van der Waals surface area contributed by atoms with Crippen LogP contribution >= 0.6 is 11.3 Å². The van der Waals surface area contributed by atoms with Gasteiger partial charge in [0.25, 0.3) is 5.19 Å². The predicted octanol–water partition coefficient (Wildman–Crippen LogP) is 4.43. The smallest absolute Gasteiger partial charge is 0.466 e. The SMILES string of the molecule is FC(F)(F)Oc1ccc(-c2cnc(OC3C4CC5CC3CN(C5)C4)s2)cc1. The van der Waals surface area contributed by atoms with Gasteiger partial charge in [-0.05, 0) is 48.6 Å². The lowest BCUT2D eigenvalue weighted by Crippen LogP contribution is -2.61. The van der Waals surface area contributed by atoms with Crippen molar-refractivity contribution in [3.8, 4) is 21.4 Å². The van der Waals surface area contributed by atoms with E-state index in [4.69, 9.17) is 4.74 Å². The second-order valence-corrected chi connectivity index (χ2v) is 8.71. The van der Waals surface area contributed by atoms with Gasteiger partial charge in [0.15, 0.2) is 0 Å². The number of rotatable bonds is 4. The number of hydrogen-bond acceptors (Lipinski definition) is 5. The molecule has 0 amide bonds. The second-order valence-electron chi connectivity index (χ2n) is 7.72. The van der Waals surface area contributed by atoms with Crippen LogP contribution in [0, 0.1) is 17.8 Å². The number of halogens is 3. The lowest BCUT2D eigenvalue weighted by atomic mass is 9.66. The summed E-state index contributed by atoms with van der Waals surface area (Å²) in [6.45, 7) is 3.49. The Morgan fingerprint density at radius 3 is 2.37 bits per heavy atom. The Balaban J connectivity index is 1.28. The highest BCUT2D eigenvalue weighted by atomic mass is 32.1. The maximum absolute atomic E-state index is 12.3. The average molecular weight is 396 g/mol. The Labute approximate surface area is 158 Å². The molecule has 0 radical (unpaired) electrons. The number of alkyl halides is 3. The van der Waals surface area contributed by atoms with E-state index in [2.05, 4.69) is 14.6 Å². The minimum Gasteiger partial charge on any atom is -0.466 e. The molecule has 0 N–H and O–H groups in total. The van der Waals surface area contributed by atoms with Gasteiger partial charge in [0.1, 0.15) is 11.9 Å². The monoisotopic (exact) mass is 396 g/mol. The third-order valence-corrected chi connectivity index (χ3v) is 6.73. The first-order chi connectivity index (χ1) is 12.9. The van der Waals surface area contributed by atoms with Gasteiger partial charge in [0, 0.05) is 37.7 Å². The number of aromatic nitrogens is 1. The molecule has 4 nitrogen and oxygen atoms in total. The van der Waals surface area contributed by atoms with Crippen LogP contribution in [0.1, 0.15) is 12.8 Å². The summed E-state index contributed by atoms with van der Waals surface area (Å²) in [5.41, 5.74) is 0.799. The molecule has 2 aromatic rings. The molecule has 0 spiro atoms. The van der Waals surface area contributed by atoms with E-state index >= 15 is 0 Å². The number of benzene rings is 1. The average Bonchev–Trinajstić information content (AvgIpc) is 3.05. The molecule has 1 aromatic heterocycles. The molecule has 1 aliphatic carbocycles. The van der Waals surface area contributed by atoms with E-state index in [1.807, 2.05) is 0 Å². The van der Waals surface area contributed by atoms with Crippen LogP contribution in [0.5, 0.6) is 10.9 Å². The van der Waals surface area contributed by atoms with Gasteiger partial charge in [-0.3, -0.25) is 0 Å². The topological polar surface area (TPSA) is 34.6 Å². The van der Waals surface area contributed by atoms with Crippen LogP contribution in [0.15, 0.2) is 30.5 Å². The van der Waals surface area contributed by atoms with Gasteiger partial charge in [-0.25, -0.2) is 4.98 Å². The van der Waals surface area contributed by atoms with Crippen molar-refractivity contribution in [2.24, 2.45) is 17.8 Å². The molecule has 4 fully saturated rings.